The van der Waals surface area contributed by atoms with E-state index in [2.05, 4.69) is 0 Å². The van der Waals surface area contributed by atoms with Crippen molar-refractivity contribution >= 4 is 14.0 Å². The van der Waals surface area contributed by atoms with Gasteiger partial charge in [0.1, 0.15) is 0 Å². The largest absolute Gasteiger partial charge is 0.537 e. The van der Waals surface area contributed by atoms with Gasteiger partial charge in [0.25, 0.3) is 0 Å². The summed E-state index contributed by atoms with van der Waals surface area (Å²) in [5.41, 5.74) is 1.38. The van der Waals surface area contributed by atoms with E-state index in [9.17, 15) is 8.78 Å². The molecule has 0 radical (unpaired) electrons. The molecule has 0 heterocycles. The van der Waals surface area contributed by atoms with Crippen molar-refractivity contribution in [1.82, 2.24) is 0 Å². The van der Waals surface area contributed by atoms with Gasteiger partial charge in [-0.2, -0.15) is 0 Å². The first-order valence-corrected chi connectivity index (χ1v) is 9.96. The molecule has 0 aliphatic heterocycles. The second kappa shape index (κ2) is 8.18. The molecule has 25 heavy (non-hydrogen) atoms. The van der Waals surface area contributed by atoms with Crippen LogP contribution in [0.3, 0.4) is 0 Å². The molecule has 0 atom stereocenters. The average molecular weight is 366 g/mol. The monoisotopic (exact) mass is 366 g/mol. The minimum atomic E-state index is -3.05. The van der Waals surface area contributed by atoms with E-state index < -0.39 is 20.4 Å². The highest BCUT2D eigenvalue weighted by molar-refractivity contribution is 6.75. The topological polar surface area (TPSA) is 27.7 Å². The average Bonchev–Trinajstić information content (AvgIpc) is 2.56. The maximum Gasteiger partial charge on any atom is 0.537 e. The summed E-state index contributed by atoms with van der Waals surface area (Å²) in [7, 11) is -1.47. The number of rotatable bonds is 7. The van der Waals surface area contributed by atoms with Crippen molar-refractivity contribution in [2.45, 2.75) is 39.9 Å². The van der Waals surface area contributed by atoms with Crippen LogP contribution in [0.25, 0.3) is 11.1 Å². The number of benzene rings is 2. The molecule has 0 aliphatic carbocycles. The molecule has 2 aromatic carbocycles. The molecule has 3 nitrogen and oxygen atoms in total. The van der Waals surface area contributed by atoms with Crippen LogP contribution in [0.15, 0.2) is 42.5 Å². The Morgan fingerprint density at radius 1 is 0.760 bits per heavy atom. The van der Waals surface area contributed by atoms with Crippen LogP contribution < -0.4 is 5.19 Å². The molecule has 0 fully saturated rings. The van der Waals surface area contributed by atoms with Gasteiger partial charge in [0.15, 0.2) is 11.6 Å². The van der Waals surface area contributed by atoms with E-state index in [1.807, 2.05) is 52.0 Å². The maximum atomic E-state index is 13.4. The van der Waals surface area contributed by atoms with Crippen molar-refractivity contribution in [1.29, 1.82) is 0 Å². The van der Waals surface area contributed by atoms with Crippen LogP contribution in [0, 0.1) is 11.6 Å². The number of hydrogen-bond acceptors (Lipinski definition) is 3. The highest BCUT2D eigenvalue weighted by Crippen LogP contribution is 2.22. The smallest absolute Gasteiger partial charge is 0.373 e. The predicted molar refractivity (Wildman–Crippen MR) is 96.6 cm³/mol. The van der Waals surface area contributed by atoms with Crippen LogP contribution in [0.5, 0.6) is 0 Å². The number of halogens is 2. The van der Waals surface area contributed by atoms with E-state index >= 15 is 0 Å². The van der Waals surface area contributed by atoms with Gasteiger partial charge in [0.2, 0.25) is 0 Å². The standard InChI is InChI=1S/C19H24F2O3Si/c1-13(2)23-25(22-5,24-14(3)4)17-9-6-15(7-10-17)16-8-11-18(20)19(21)12-16/h6-14H,1-5H3. The van der Waals surface area contributed by atoms with Gasteiger partial charge in [-0.3, -0.25) is 0 Å². The molecule has 6 heteroatoms. The first-order valence-electron chi connectivity index (χ1n) is 8.24. The summed E-state index contributed by atoms with van der Waals surface area (Å²) in [6.07, 6.45) is -0.118. The van der Waals surface area contributed by atoms with Gasteiger partial charge in [0.05, 0.1) is 0 Å². The molecule has 2 aromatic rings. The van der Waals surface area contributed by atoms with E-state index in [0.29, 0.717) is 5.56 Å². The molecule has 0 saturated heterocycles. The summed E-state index contributed by atoms with van der Waals surface area (Å²) in [6, 6.07) is 11.2. The fourth-order valence-electron chi connectivity index (χ4n) is 2.54. The molecule has 0 aliphatic rings. The molecule has 0 bridgehead atoms. The van der Waals surface area contributed by atoms with Crippen molar-refractivity contribution in [2.24, 2.45) is 0 Å². The van der Waals surface area contributed by atoms with Crippen LogP contribution >= 0.6 is 0 Å². The van der Waals surface area contributed by atoms with Crippen LogP contribution in [0.1, 0.15) is 27.7 Å². The van der Waals surface area contributed by atoms with Gasteiger partial charge in [0, 0.05) is 24.5 Å². The number of hydrogen-bond donors (Lipinski definition) is 0. The molecule has 0 amide bonds. The van der Waals surface area contributed by atoms with Gasteiger partial charge in [-0.15, -0.1) is 0 Å². The van der Waals surface area contributed by atoms with Crippen LogP contribution in [0.2, 0.25) is 0 Å². The molecule has 0 saturated carbocycles. The van der Waals surface area contributed by atoms with Crippen LogP contribution in [-0.2, 0) is 13.3 Å². The Balaban J connectivity index is 2.38. The van der Waals surface area contributed by atoms with E-state index in [4.69, 9.17) is 13.3 Å². The van der Waals surface area contributed by atoms with Crippen LogP contribution in [0.4, 0.5) is 8.78 Å². The lowest BCUT2D eigenvalue weighted by molar-refractivity contribution is 0.0456. The molecule has 0 aromatic heterocycles. The predicted octanol–water partition coefficient (Wildman–Crippen LogP) is 4.27. The molecule has 0 unspecified atom stereocenters. The Kier molecular flexibility index (Phi) is 6.45. The minimum absolute atomic E-state index is 0.0590. The minimum Gasteiger partial charge on any atom is -0.373 e. The van der Waals surface area contributed by atoms with E-state index in [-0.39, 0.29) is 12.2 Å². The molecule has 0 N–H and O–H groups in total. The summed E-state index contributed by atoms with van der Waals surface area (Å²) < 4.78 is 44.4. The van der Waals surface area contributed by atoms with E-state index in [1.165, 1.54) is 6.07 Å². The lowest BCUT2D eigenvalue weighted by Gasteiger charge is -2.31. The first kappa shape index (κ1) is 19.7. The lowest BCUT2D eigenvalue weighted by atomic mass is 10.1. The Bertz CT molecular complexity index is 692. The third-order valence-corrected chi connectivity index (χ3v) is 6.68. The van der Waals surface area contributed by atoms with Gasteiger partial charge in [-0.1, -0.05) is 30.3 Å². The zero-order valence-corrected chi connectivity index (χ0v) is 16.2. The second-order valence-electron chi connectivity index (χ2n) is 6.30. The third kappa shape index (κ3) is 4.73. The van der Waals surface area contributed by atoms with Gasteiger partial charge in [-0.05, 0) is 51.0 Å². The molecular formula is C19H24F2O3Si. The van der Waals surface area contributed by atoms with Gasteiger partial charge < -0.3 is 13.3 Å². The van der Waals surface area contributed by atoms with Crippen molar-refractivity contribution in [3.63, 3.8) is 0 Å². The molecular weight excluding hydrogens is 342 g/mol. The normalized spacial score (nSPS) is 12.2. The highest BCUT2D eigenvalue weighted by atomic mass is 28.4. The van der Waals surface area contributed by atoms with Crippen LogP contribution in [-0.4, -0.2) is 28.1 Å². The van der Waals surface area contributed by atoms with Gasteiger partial charge >= 0.3 is 8.80 Å². The molecule has 2 rings (SSSR count). The van der Waals surface area contributed by atoms with E-state index in [0.717, 1.165) is 16.8 Å². The maximum absolute atomic E-state index is 13.4. The Morgan fingerprint density at radius 3 is 1.72 bits per heavy atom. The Labute approximate surface area is 148 Å². The zero-order valence-electron chi connectivity index (χ0n) is 15.2. The second-order valence-corrected chi connectivity index (χ2v) is 8.87. The summed E-state index contributed by atoms with van der Waals surface area (Å²) in [6.45, 7) is 7.72. The summed E-state index contributed by atoms with van der Waals surface area (Å²) in [4.78, 5) is 0. The van der Waals surface area contributed by atoms with Crippen molar-refractivity contribution in [2.75, 3.05) is 7.11 Å². The highest BCUT2D eigenvalue weighted by Gasteiger charge is 2.44. The Morgan fingerprint density at radius 2 is 1.28 bits per heavy atom. The summed E-state index contributed by atoms with van der Waals surface area (Å²) in [5, 5.41) is 0.823. The Hall–Kier alpha value is -1.60. The summed E-state index contributed by atoms with van der Waals surface area (Å²) >= 11 is 0. The van der Waals surface area contributed by atoms with Crippen molar-refractivity contribution in [3.05, 3.63) is 54.1 Å². The zero-order chi connectivity index (χ0) is 18.6. The summed E-state index contributed by atoms with van der Waals surface area (Å²) in [5.74, 6) is -1.73. The van der Waals surface area contributed by atoms with Crippen molar-refractivity contribution in [3.8, 4) is 11.1 Å². The molecule has 136 valence electrons. The molecule has 0 spiro atoms. The van der Waals surface area contributed by atoms with Crippen molar-refractivity contribution < 1.29 is 22.1 Å². The quantitative estimate of drug-likeness (QED) is 0.685. The van der Waals surface area contributed by atoms with E-state index in [1.54, 1.807) is 13.2 Å². The SMILES string of the molecule is CO[Si](OC(C)C)(OC(C)C)c1ccc(-c2ccc(F)c(F)c2)cc1. The third-order valence-electron chi connectivity index (χ3n) is 3.54. The first-order chi connectivity index (χ1) is 11.8. The fraction of sp³-hybridized carbons (Fsp3) is 0.368. The lowest BCUT2D eigenvalue weighted by Crippen LogP contribution is -2.58. The fourth-order valence-corrected chi connectivity index (χ4v) is 5.11. The van der Waals surface area contributed by atoms with Gasteiger partial charge in [-0.25, -0.2) is 8.78 Å².